The topological polar surface area (TPSA) is 75.1 Å². The van der Waals surface area contributed by atoms with Crippen molar-refractivity contribution in [2.45, 2.75) is 32.6 Å². The maximum Gasteiger partial charge on any atom is 0.304 e. The Balaban J connectivity index is 3.21. The molecule has 5 heteroatoms. The smallest absolute Gasteiger partial charge is 0.304 e. The number of carboxylic acid groups (broad SMARTS) is 1. The van der Waals surface area contributed by atoms with Crippen molar-refractivity contribution in [1.82, 2.24) is 9.78 Å². The molecule has 1 aromatic heterocycles. The van der Waals surface area contributed by atoms with E-state index in [9.17, 15) is 9.59 Å². The molecule has 0 radical (unpaired) electrons. The van der Waals surface area contributed by atoms with E-state index in [0.717, 1.165) is 0 Å². The van der Waals surface area contributed by atoms with Crippen LogP contribution in [0, 0.1) is 6.92 Å². The summed E-state index contributed by atoms with van der Waals surface area (Å²) in [7, 11) is 1.62. The van der Waals surface area contributed by atoms with E-state index in [1.165, 1.54) is 4.68 Å². The maximum absolute atomic E-state index is 11.5. The van der Waals surface area contributed by atoms with Gasteiger partial charge in [-0.25, -0.2) is 0 Å². The molecule has 15 heavy (non-hydrogen) atoms. The minimum absolute atomic E-state index is 0.00616. The van der Waals surface area contributed by atoms with E-state index in [2.05, 4.69) is 5.10 Å². The molecule has 0 saturated carbocycles. The molecule has 0 fully saturated rings. The SMILES string of the molecule is Cc1c(C(C)(C)CC(=O)O)[nH]n(C)c1=O. The zero-order valence-electron chi connectivity index (χ0n) is 9.42. The van der Waals surface area contributed by atoms with Crippen LogP contribution in [0.4, 0.5) is 0 Å². The lowest BCUT2D eigenvalue weighted by molar-refractivity contribution is -0.138. The number of nitrogens with zero attached hydrogens (tertiary/aromatic N) is 1. The molecular formula is C10H16N2O3. The second-order valence-corrected chi connectivity index (χ2v) is 4.43. The summed E-state index contributed by atoms with van der Waals surface area (Å²) >= 11 is 0. The molecule has 84 valence electrons. The third-order valence-electron chi connectivity index (χ3n) is 2.55. The number of H-pyrrole nitrogens is 1. The second-order valence-electron chi connectivity index (χ2n) is 4.43. The van der Waals surface area contributed by atoms with E-state index in [-0.39, 0.29) is 12.0 Å². The number of carbonyl (C=O) groups is 1. The Morgan fingerprint density at radius 1 is 1.53 bits per heavy atom. The van der Waals surface area contributed by atoms with Gasteiger partial charge in [0.15, 0.2) is 0 Å². The van der Waals surface area contributed by atoms with Gasteiger partial charge in [-0.15, -0.1) is 0 Å². The summed E-state index contributed by atoms with van der Waals surface area (Å²) < 4.78 is 1.37. The number of aliphatic carboxylic acids is 1. The van der Waals surface area contributed by atoms with Crippen molar-refractivity contribution in [1.29, 1.82) is 0 Å². The highest BCUT2D eigenvalue weighted by Gasteiger charge is 2.28. The molecule has 0 bridgehead atoms. The molecule has 0 aliphatic heterocycles. The highest BCUT2D eigenvalue weighted by Crippen LogP contribution is 2.26. The number of aromatic amines is 1. The Morgan fingerprint density at radius 2 is 2.07 bits per heavy atom. The van der Waals surface area contributed by atoms with Crippen LogP contribution in [0.15, 0.2) is 4.79 Å². The lowest BCUT2D eigenvalue weighted by atomic mass is 9.84. The molecule has 0 unspecified atom stereocenters. The van der Waals surface area contributed by atoms with Gasteiger partial charge in [0.1, 0.15) is 0 Å². The molecule has 0 atom stereocenters. The van der Waals surface area contributed by atoms with Crippen molar-refractivity contribution in [2.24, 2.45) is 7.05 Å². The predicted molar refractivity (Wildman–Crippen MR) is 56.0 cm³/mol. The molecule has 0 amide bonds. The van der Waals surface area contributed by atoms with Crippen LogP contribution in [0.5, 0.6) is 0 Å². The fourth-order valence-electron chi connectivity index (χ4n) is 1.79. The first kappa shape index (κ1) is 11.6. The summed E-state index contributed by atoms with van der Waals surface area (Å²) in [5, 5.41) is 11.7. The number of hydrogen-bond donors (Lipinski definition) is 2. The third kappa shape index (κ3) is 2.11. The minimum atomic E-state index is -0.871. The summed E-state index contributed by atoms with van der Waals surface area (Å²) in [6, 6.07) is 0. The van der Waals surface area contributed by atoms with Crippen LogP contribution >= 0.6 is 0 Å². The van der Waals surface area contributed by atoms with E-state index < -0.39 is 11.4 Å². The number of rotatable bonds is 3. The first-order valence-electron chi connectivity index (χ1n) is 4.73. The van der Waals surface area contributed by atoms with Crippen molar-refractivity contribution in [3.63, 3.8) is 0 Å². The molecule has 0 aromatic carbocycles. The van der Waals surface area contributed by atoms with Crippen LogP contribution < -0.4 is 5.56 Å². The largest absolute Gasteiger partial charge is 0.481 e. The van der Waals surface area contributed by atoms with Gasteiger partial charge in [0.05, 0.1) is 6.42 Å². The molecule has 1 rings (SSSR count). The van der Waals surface area contributed by atoms with Crippen LogP contribution in [-0.4, -0.2) is 20.9 Å². The monoisotopic (exact) mass is 212 g/mol. The van der Waals surface area contributed by atoms with Gasteiger partial charge in [0.2, 0.25) is 0 Å². The fraction of sp³-hybridized carbons (Fsp3) is 0.600. The molecule has 0 spiro atoms. The Hall–Kier alpha value is -1.52. The normalized spacial score (nSPS) is 11.7. The van der Waals surface area contributed by atoms with E-state index in [1.54, 1.807) is 27.8 Å². The Bertz CT molecular complexity index is 440. The van der Waals surface area contributed by atoms with Gasteiger partial charge < -0.3 is 5.11 Å². The molecule has 0 saturated heterocycles. The molecular weight excluding hydrogens is 196 g/mol. The van der Waals surface area contributed by atoms with Crippen molar-refractivity contribution >= 4 is 5.97 Å². The highest BCUT2D eigenvalue weighted by molar-refractivity contribution is 5.68. The van der Waals surface area contributed by atoms with Crippen molar-refractivity contribution in [3.8, 4) is 0 Å². The van der Waals surface area contributed by atoms with Gasteiger partial charge in [0, 0.05) is 23.7 Å². The van der Waals surface area contributed by atoms with Crippen LogP contribution in [0.25, 0.3) is 0 Å². The Morgan fingerprint density at radius 3 is 2.40 bits per heavy atom. The van der Waals surface area contributed by atoms with Crippen molar-refractivity contribution in [2.75, 3.05) is 0 Å². The molecule has 1 heterocycles. The molecule has 5 nitrogen and oxygen atoms in total. The molecule has 0 aliphatic rings. The van der Waals surface area contributed by atoms with Gasteiger partial charge >= 0.3 is 5.97 Å². The molecule has 2 N–H and O–H groups in total. The van der Waals surface area contributed by atoms with Crippen LogP contribution in [0.2, 0.25) is 0 Å². The number of hydrogen-bond acceptors (Lipinski definition) is 2. The average molecular weight is 212 g/mol. The Labute approximate surface area is 87.7 Å². The van der Waals surface area contributed by atoms with Gasteiger partial charge in [-0.1, -0.05) is 13.8 Å². The number of nitrogens with one attached hydrogen (secondary N) is 1. The van der Waals surface area contributed by atoms with E-state index in [1.807, 2.05) is 0 Å². The van der Waals surface area contributed by atoms with Crippen LogP contribution in [-0.2, 0) is 17.3 Å². The zero-order chi connectivity index (χ0) is 11.8. The number of aromatic nitrogens is 2. The van der Waals surface area contributed by atoms with E-state index >= 15 is 0 Å². The maximum atomic E-state index is 11.5. The lowest BCUT2D eigenvalue weighted by Crippen LogP contribution is -2.23. The summed E-state index contributed by atoms with van der Waals surface area (Å²) in [6.45, 7) is 5.32. The van der Waals surface area contributed by atoms with Gasteiger partial charge in [0.25, 0.3) is 5.56 Å². The number of aryl methyl sites for hydroxylation is 1. The predicted octanol–water partition coefficient (Wildman–Crippen LogP) is 0.774. The van der Waals surface area contributed by atoms with E-state index in [0.29, 0.717) is 11.3 Å². The van der Waals surface area contributed by atoms with Gasteiger partial charge in [-0.2, -0.15) is 0 Å². The summed E-state index contributed by atoms with van der Waals surface area (Å²) in [4.78, 5) is 22.2. The van der Waals surface area contributed by atoms with Gasteiger partial charge in [-0.3, -0.25) is 19.4 Å². The van der Waals surface area contributed by atoms with Crippen LogP contribution in [0.3, 0.4) is 0 Å². The standard InChI is InChI=1S/C10H16N2O3/c1-6-8(11-12(4)9(6)15)10(2,3)5-7(13)14/h11H,5H2,1-4H3,(H,13,14). The van der Waals surface area contributed by atoms with Crippen LogP contribution in [0.1, 0.15) is 31.5 Å². The minimum Gasteiger partial charge on any atom is -0.481 e. The Kier molecular flexibility index (Phi) is 2.75. The molecule has 0 aliphatic carbocycles. The molecule has 1 aromatic rings. The summed E-state index contributed by atoms with van der Waals surface area (Å²) in [6.07, 6.45) is -0.00616. The average Bonchev–Trinajstić information content (AvgIpc) is 2.31. The van der Waals surface area contributed by atoms with E-state index in [4.69, 9.17) is 5.11 Å². The third-order valence-corrected chi connectivity index (χ3v) is 2.55. The fourth-order valence-corrected chi connectivity index (χ4v) is 1.79. The highest BCUT2D eigenvalue weighted by atomic mass is 16.4. The first-order chi connectivity index (χ1) is 6.75. The first-order valence-corrected chi connectivity index (χ1v) is 4.73. The lowest BCUT2D eigenvalue weighted by Gasteiger charge is -2.21. The van der Waals surface area contributed by atoms with Crippen molar-refractivity contribution < 1.29 is 9.90 Å². The zero-order valence-corrected chi connectivity index (χ0v) is 9.42. The quantitative estimate of drug-likeness (QED) is 0.777. The van der Waals surface area contributed by atoms with Crippen molar-refractivity contribution in [3.05, 3.63) is 21.6 Å². The van der Waals surface area contributed by atoms with Gasteiger partial charge in [-0.05, 0) is 6.92 Å². The summed E-state index contributed by atoms with van der Waals surface area (Å²) in [5.41, 5.74) is 0.612. The summed E-state index contributed by atoms with van der Waals surface area (Å²) in [5.74, 6) is -0.871. The number of carboxylic acids is 1. The second kappa shape index (κ2) is 3.56.